The Morgan fingerprint density at radius 1 is 1.38 bits per heavy atom. The summed E-state index contributed by atoms with van der Waals surface area (Å²) in [5.74, 6) is -0.0702. The predicted octanol–water partition coefficient (Wildman–Crippen LogP) is 1.86. The second-order valence-electron chi connectivity index (χ2n) is 5.00. The van der Waals surface area contributed by atoms with Crippen LogP contribution < -0.4 is 10.2 Å². The molecule has 3 heteroatoms. The van der Waals surface area contributed by atoms with Crippen molar-refractivity contribution in [1.29, 1.82) is 0 Å². The third-order valence-corrected chi connectivity index (χ3v) is 3.78. The first kappa shape index (κ1) is 10.1. The molecule has 2 aliphatic rings. The van der Waals surface area contributed by atoms with Crippen molar-refractivity contribution >= 4 is 5.69 Å². The van der Waals surface area contributed by atoms with Crippen LogP contribution in [0.4, 0.5) is 10.1 Å². The van der Waals surface area contributed by atoms with E-state index in [-0.39, 0.29) is 5.82 Å². The van der Waals surface area contributed by atoms with Crippen molar-refractivity contribution in [3.63, 3.8) is 0 Å². The monoisotopic (exact) mass is 220 g/mol. The highest BCUT2D eigenvalue weighted by Crippen LogP contribution is 2.36. The van der Waals surface area contributed by atoms with Crippen LogP contribution in [-0.2, 0) is 6.42 Å². The van der Waals surface area contributed by atoms with Gasteiger partial charge in [-0.3, -0.25) is 0 Å². The van der Waals surface area contributed by atoms with Gasteiger partial charge in [-0.15, -0.1) is 0 Å². The molecule has 2 atom stereocenters. The van der Waals surface area contributed by atoms with E-state index in [0.29, 0.717) is 12.1 Å². The van der Waals surface area contributed by atoms with Gasteiger partial charge in [-0.1, -0.05) is 0 Å². The summed E-state index contributed by atoms with van der Waals surface area (Å²) in [6.07, 6.45) is 0.976. The summed E-state index contributed by atoms with van der Waals surface area (Å²) in [4.78, 5) is 2.46. The molecule has 1 aromatic carbocycles. The number of nitrogens with one attached hydrogen (secondary N) is 1. The molecule has 3 rings (SSSR count). The highest BCUT2D eigenvalue weighted by molar-refractivity contribution is 5.62. The van der Waals surface area contributed by atoms with Crippen molar-refractivity contribution in [2.75, 3.05) is 18.0 Å². The van der Waals surface area contributed by atoms with Crippen LogP contribution >= 0.6 is 0 Å². The third-order valence-electron chi connectivity index (χ3n) is 3.78. The second-order valence-corrected chi connectivity index (χ2v) is 5.00. The molecule has 1 fully saturated rings. The van der Waals surface area contributed by atoms with Gasteiger partial charge in [0.05, 0.1) is 0 Å². The minimum absolute atomic E-state index is 0.0702. The van der Waals surface area contributed by atoms with E-state index in [1.54, 1.807) is 6.07 Å². The van der Waals surface area contributed by atoms with Gasteiger partial charge in [-0.05, 0) is 43.5 Å². The number of rotatable bonds is 0. The minimum Gasteiger partial charge on any atom is -0.363 e. The van der Waals surface area contributed by atoms with Crippen LogP contribution in [0.5, 0.6) is 0 Å². The molecular formula is C13H17FN2. The van der Waals surface area contributed by atoms with Crippen molar-refractivity contribution in [2.45, 2.75) is 32.4 Å². The van der Waals surface area contributed by atoms with E-state index in [9.17, 15) is 4.39 Å². The molecule has 0 aromatic heterocycles. The Hall–Kier alpha value is -1.09. The fourth-order valence-electron chi connectivity index (χ4n) is 2.99. The first-order valence-corrected chi connectivity index (χ1v) is 5.95. The number of hydrogen-bond donors (Lipinski definition) is 1. The SMILES string of the molecule is Cc1cc2c(cc1F)C[C@@H]1CNC[C@@H](C)N21. The largest absolute Gasteiger partial charge is 0.363 e. The van der Waals surface area contributed by atoms with E-state index in [0.717, 1.165) is 25.1 Å². The first-order valence-electron chi connectivity index (χ1n) is 5.95. The molecule has 2 nitrogen and oxygen atoms in total. The molecule has 86 valence electrons. The number of piperazine rings is 1. The fourth-order valence-corrected chi connectivity index (χ4v) is 2.99. The molecule has 16 heavy (non-hydrogen) atoms. The van der Waals surface area contributed by atoms with E-state index < -0.39 is 0 Å². The molecule has 1 saturated heterocycles. The van der Waals surface area contributed by atoms with E-state index in [4.69, 9.17) is 0 Å². The van der Waals surface area contributed by atoms with Gasteiger partial charge >= 0.3 is 0 Å². The fraction of sp³-hybridized carbons (Fsp3) is 0.538. The quantitative estimate of drug-likeness (QED) is 0.718. The molecule has 0 spiro atoms. The summed E-state index contributed by atoms with van der Waals surface area (Å²) in [7, 11) is 0. The summed E-state index contributed by atoms with van der Waals surface area (Å²) in [6, 6.07) is 4.74. The maximum Gasteiger partial charge on any atom is 0.126 e. The molecule has 0 saturated carbocycles. The second kappa shape index (κ2) is 3.45. The van der Waals surface area contributed by atoms with Crippen LogP contribution in [0.3, 0.4) is 0 Å². The van der Waals surface area contributed by atoms with Crippen molar-refractivity contribution < 1.29 is 4.39 Å². The average Bonchev–Trinajstić information content (AvgIpc) is 2.58. The molecule has 0 amide bonds. The highest BCUT2D eigenvalue weighted by atomic mass is 19.1. The van der Waals surface area contributed by atoms with Crippen LogP contribution in [0.15, 0.2) is 12.1 Å². The van der Waals surface area contributed by atoms with Crippen LogP contribution in [-0.4, -0.2) is 25.2 Å². The molecule has 1 aromatic rings. The van der Waals surface area contributed by atoms with Crippen molar-refractivity contribution in [3.05, 3.63) is 29.1 Å². The topological polar surface area (TPSA) is 15.3 Å². The van der Waals surface area contributed by atoms with E-state index in [1.165, 1.54) is 11.3 Å². The van der Waals surface area contributed by atoms with Crippen molar-refractivity contribution in [3.8, 4) is 0 Å². The molecular weight excluding hydrogens is 203 g/mol. The number of benzene rings is 1. The van der Waals surface area contributed by atoms with Gasteiger partial charge in [0, 0.05) is 30.9 Å². The van der Waals surface area contributed by atoms with Crippen LogP contribution in [0.2, 0.25) is 0 Å². The number of anilines is 1. The zero-order chi connectivity index (χ0) is 11.3. The standard InChI is InChI=1S/C13H17FN2/c1-8-3-13-10(5-12(8)14)4-11-7-15-6-9(2)16(11)13/h3,5,9,11,15H,4,6-7H2,1-2H3/t9-,11-/m1/s1. The van der Waals surface area contributed by atoms with Gasteiger partial charge < -0.3 is 10.2 Å². The Morgan fingerprint density at radius 3 is 3.00 bits per heavy atom. The lowest BCUT2D eigenvalue weighted by molar-refractivity contribution is 0.430. The summed E-state index contributed by atoms with van der Waals surface area (Å²) in [5.41, 5.74) is 3.17. The number of fused-ring (bicyclic) bond motifs is 3. The summed E-state index contributed by atoms with van der Waals surface area (Å²) in [6.45, 7) is 6.11. The summed E-state index contributed by atoms with van der Waals surface area (Å²) in [5, 5.41) is 3.43. The van der Waals surface area contributed by atoms with Crippen molar-refractivity contribution in [2.24, 2.45) is 0 Å². The Balaban J connectivity index is 2.06. The number of nitrogens with zero attached hydrogens (tertiary/aromatic N) is 1. The molecule has 0 bridgehead atoms. The van der Waals surface area contributed by atoms with Gasteiger partial charge in [0.2, 0.25) is 0 Å². The van der Waals surface area contributed by atoms with Gasteiger partial charge in [-0.25, -0.2) is 4.39 Å². The Bertz CT molecular complexity index is 430. The zero-order valence-corrected chi connectivity index (χ0v) is 9.76. The Kier molecular flexibility index (Phi) is 2.18. The average molecular weight is 220 g/mol. The van der Waals surface area contributed by atoms with Gasteiger partial charge in [0.15, 0.2) is 0 Å². The molecule has 0 radical (unpaired) electrons. The third kappa shape index (κ3) is 1.34. The number of hydrogen-bond acceptors (Lipinski definition) is 2. The maximum atomic E-state index is 13.5. The lowest BCUT2D eigenvalue weighted by Gasteiger charge is -2.38. The van der Waals surface area contributed by atoms with Crippen molar-refractivity contribution in [1.82, 2.24) is 5.32 Å². The zero-order valence-electron chi connectivity index (χ0n) is 9.76. The Morgan fingerprint density at radius 2 is 2.19 bits per heavy atom. The van der Waals surface area contributed by atoms with Gasteiger partial charge in [0.1, 0.15) is 5.82 Å². The lowest BCUT2D eigenvalue weighted by Crippen LogP contribution is -2.54. The molecule has 0 aliphatic carbocycles. The van der Waals surface area contributed by atoms with Gasteiger partial charge in [-0.2, -0.15) is 0 Å². The summed E-state index contributed by atoms with van der Waals surface area (Å²) >= 11 is 0. The maximum absolute atomic E-state index is 13.5. The van der Waals surface area contributed by atoms with Gasteiger partial charge in [0.25, 0.3) is 0 Å². The highest BCUT2D eigenvalue weighted by Gasteiger charge is 2.35. The van der Waals surface area contributed by atoms with Crippen LogP contribution in [0, 0.1) is 12.7 Å². The first-order chi connectivity index (χ1) is 7.66. The minimum atomic E-state index is -0.0702. The Labute approximate surface area is 95.4 Å². The normalized spacial score (nSPS) is 27.8. The van der Waals surface area contributed by atoms with E-state index in [1.807, 2.05) is 13.0 Å². The molecule has 2 heterocycles. The predicted molar refractivity (Wildman–Crippen MR) is 63.4 cm³/mol. The van der Waals surface area contributed by atoms with E-state index >= 15 is 0 Å². The van der Waals surface area contributed by atoms with Crippen LogP contribution in [0.1, 0.15) is 18.1 Å². The molecule has 0 unspecified atom stereocenters. The number of aryl methyl sites for hydroxylation is 1. The van der Waals surface area contributed by atoms with E-state index in [2.05, 4.69) is 17.1 Å². The lowest BCUT2D eigenvalue weighted by atomic mass is 10.1. The summed E-state index contributed by atoms with van der Waals surface area (Å²) < 4.78 is 13.5. The van der Waals surface area contributed by atoms with Crippen LogP contribution in [0.25, 0.3) is 0 Å². The number of halogens is 1. The molecule has 1 N–H and O–H groups in total. The smallest absolute Gasteiger partial charge is 0.126 e. The molecule has 2 aliphatic heterocycles.